The van der Waals surface area contributed by atoms with E-state index in [4.69, 9.17) is 4.42 Å². The molecule has 0 aliphatic rings. The van der Waals surface area contributed by atoms with Gasteiger partial charge in [0.05, 0.1) is 11.3 Å². The van der Waals surface area contributed by atoms with E-state index >= 15 is 0 Å². The number of hydrogen-bond acceptors (Lipinski definition) is 3. The summed E-state index contributed by atoms with van der Waals surface area (Å²) in [7, 11) is 3.44. The Balaban J connectivity index is 2.15. The lowest BCUT2D eigenvalue weighted by molar-refractivity contribution is 0.0828. The largest absolute Gasteiger partial charge is 0.460 e. The fourth-order valence-corrected chi connectivity index (χ4v) is 2.23. The summed E-state index contributed by atoms with van der Waals surface area (Å²) in [5, 5.41) is 4.54. The molecule has 3 aromatic rings. The maximum absolute atomic E-state index is 12.4. The zero-order chi connectivity index (χ0) is 15.7. The first-order chi connectivity index (χ1) is 10.6. The summed E-state index contributed by atoms with van der Waals surface area (Å²) in [5.74, 6) is 1.27. The van der Waals surface area contributed by atoms with Crippen LogP contribution in [0.1, 0.15) is 16.1 Å². The van der Waals surface area contributed by atoms with Crippen LogP contribution in [0.3, 0.4) is 0 Å². The standard InChI is InChI=1S/C17H17N3O2/c1-12-9-10-15(22-12)16-14(17(21)19(2)3)11-20(18-16)13-7-5-4-6-8-13/h4-11H,1-3H3. The monoisotopic (exact) mass is 295 g/mol. The van der Waals surface area contributed by atoms with E-state index in [1.165, 1.54) is 4.90 Å². The fraction of sp³-hybridized carbons (Fsp3) is 0.176. The number of aryl methyl sites for hydroxylation is 1. The third-order valence-electron chi connectivity index (χ3n) is 3.35. The van der Waals surface area contributed by atoms with Gasteiger partial charge in [0.15, 0.2) is 5.76 Å². The van der Waals surface area contributed by atoms with E-state index in [0.29, 0.717) is 17.0 Å². The molecule has 0 aliphatic carbocycles. The smallest absolute Gasteiger partial charge is 0.257 e. The van der Waals surface area contributed by atoms with Crippen LogP contribution >= 0.6 is 0 Å². The quantitative estimate of drug-likeness (QED) is 0.746. The molecular formula is C17H17N3O2. The molecule has 0 radical (unpaired) electrons. The van der Waals surface area contributed by atoms with Gasteiger partial charge in [0, 0.05) is 20.3 Å². The second-order valence-corrected chi connectivity index (χ2v) is 5.28. The van der Waals surface area contributed by atoms with Crippen molar-refractivity contribution in [2.75, 3.05) is 14.1 Å². The minimum absolute atomic E-state index is 0.105. The van der Waals surface area contributed by atoms with Crippen LogP contribution < -0.4 is 0 Å². The van der Waals surface area contributed by atoms with Crippen molar-refractivity contribution in [1.82, 2.24) is 14.7 Å². The van der Waals surface area contributed by atoms with E-state index in [1.807, 2.05) is 49.4 Å². The number of hydrogen-bond donors (Lipinski definition) is 0. The molecule has 0 N–H and O–H groups in total. The van der Waals surface area contributed by atoms with E-state index in [1.54, 1.807) is 25.0 Å². The lowest BCUT2D eigenvalue weighted by Crippen LogP contribution is -2.21. The van der Waals surface area contributed by atoms with Crippen LogP contribution in [0.4, 0.5) is 0 Å². The molecular weight excluding hydrogens is 278 g/mol. The van der Waals surface area contributed by atoms with Gasteiger partial charge in [-0.25, -0.2) is 4.68 Å². The predicted molar refractivity (Wildman–Crippen MR) is 84.0 cm³/mol. The molecule has 2 heterocycles. The molecule has 0 atom stereocenters. The molecule has 0 unspecified atom stereocenters. The number of nitrogens with zero attached hydrogens (tertiary/aromatic N) is 3. The van der Waals surface area contributed by atoms with Crippen molar-refractivity contribution in [3.8, 4) is 17.1 Å². The van der Waals surface area contributed by atoms with Gasteiger partial charge < -0.3 is 9.32 Å². The molecule has 5 heteroatoms. The first-order valence-electron chi connectivity index (χ1n) is 7.00. The lowest BCUT2D eigenvalue weighted by Gasteiger charge is -2.08. The van der Waals surface area contributed by atoms with Gasteiger partial charge in [-0.15, -0.1) is 0 Å². The van der Waals surface area contributed by atoms with Crippen molar-refractivity contribution in [2.45, 2.75) is 6.92 Å². The van der Waals surface area contributed by atoms with E-state index in [-0.39, 0.29) is 5.91 Å². The first kappa shape index (κ1) is 14.1. The summed E-state index contributed by atoms with van der Waals surface area (Å²) in [4.78, 5) is 14.0. The number of benzene rings is 1. The van der Waals surface area contributed by atoms with Crippen LogP contribution in [0.25, 0.3) is 17.1 Å². The number of furan rings is 1. The highest BCUT2D eigenvalue weighted by Crippen LogP contribution is 2.26. The van der Waals surface area contributed by atoms with Gasteiger partial charge in [-0.2, -0.15) is 5.10 Å². The topological polar surface area (TPSA) is 51.3 Å². The molecule has 0 saturated carbocycles. The molecule has 0 aliphatic heterocycles. The van der Waals surface area contributed by atoms with E-state index in [2.05, 4.69) is 5.10 Å². The predicted octanol–water partition coefficient (Wildman–Crippen LogP) is 3.14. The molecule has 1 aromatic carbocycles. The Kier molecular flexibility index (Phi) is 3.55. The Bertz CT molecular complexity index is 800. The van der Waals surface area contributed by atoms with Crippen molar-refractivity contribution in [3.63, 3.8) is 0 Å². The van der Waals surface area contributed by atoms with Gasteiger partial charge in [-0.05, 0) is 31.2 Å². The molecule has 0 bridgehead atoms. The number of carbonyl (C=O) groups excluding carboxylic acids is 1. The molecule has 1 amide bonds. The Morgan fingerprint density at radius 2 is 1.86 bits per heavy atom. The third-order valence-corrected chi connectivity index (χ3v) is 3.35. The Morgan fingerprint density at radius 3 is 2.45 bits per heavy atom. The Labute approximate surface area is 128 Å². The summed E-state index contributed by atoms with van der Waals surface area (Å²) in [6.07, 6.45) is 1.74. The van der Waals surface area contributed by atoms with E-state index in [0.717, 1.165) is 11.4 Å². The average Bonchev–Trinajstić information content (AvgIpc) is 3.13. The second-order valence-electron chi connectivity index (χ2n) is 5.28. The Hall–Kier alpha value is -2.82. The molecule has 22 heavy (non-hydrogen) atoms. The van der Waals surface area contributed by atoms with Crippen LogP contribution in [0.5, 0.6) is 0 Å². The van der Waals surface area contributed by atoms with Gasteiger partial charge in [0.1, 0.15) is 11.5 Å². The zero-order valence-electron chi connectivity index (χ0n) is 12.8. The number of rotatable bonds is 3. The van der Waals surface area contributed by atoms with Crippen molar-refractivity contribution in [3.05, 3.63) is 60.0 Å². The summed E-state index contributed by atoms with van der Waals surface area (Å²) >= 11 is 0. The molecule has 2 aromatic heterocycles. The minimum Gasteiger partial charge on any atom is -0.460 e. The lowest BCUT2D eigenvalue weighted by atomic mass is 10.2. The zero-order valence-corrected chi connectivity index (χ0v) is 12.8. The van der Waals surface area contributed by atoms with Crippen molar-refractivity contribution in [1.29, 1.82) is 0 Å². The van der Waals surface area contributed by atoms with Crippen LogP contribution in [0.2, 0.25) is 0 Å². The summed E-state index contributed by atoms with van der Waals surface area (Å²) in [5.41, 5.74) is 1.96. The van der Waals surface area contributed by atoms with E-state index < -0.39 is 0 Å². The van der Waals surface area contributed by atoms with Crippen molar-refractivity contribution >= 4 is 5.91 Å². The van der Waals surface area contributed by atoms with Crippen molar-refractivity contribution < 1.29 is 9.21 Å². The fourth-order valence-electron chi connectivity index (χ4n) is 2.23. The molecule has 3 rings (SSSR count). The highest BCUT2D eigenvalue weighted by atomic mass is 16.3. The van der Waals surface area contributed by atoms with Crippen LogP contribution in [-0.2, 0) is 0 Å². The third kappa shape index (κ3) is 2.53. The summed E-state index contributed by atoms with van der Waals surface area (Å²) in [6, 6.07) is 13.4. The first-order valence-corrected chi connectivity index (χ1v) is 7.00. The van der Waals surface area contributed by atoms with E-state index in [9.17, 15) is 4.79 Å². The summed E-state index contributed by atoms with van der Waals surface area (Å²) < 4.78 is 7.34. The van der Waals surface area contributed by atoms with Gasteiger partial charge in [-0.1, -0.05) is 18.2 Å². The number of para-hydroxylation sites is 1. The second kappa shape index (κ2) is 5.52. The van der Waals surface area contributed by atoms with Crippen molar-refractivity contribution in [2.24, 2.45) is 0 Å². The molecule has 0 saturated heterocycles. The molecule has 0 fully saturated rings. The number of carbonyl (C=O) groups is 1. The Morgan fingerprint density at radius 1 is 1.14 bits per heavy atom. The van der Waals surface area contributed by atoms with Gasteiger partial charge in [0.2, 0.25) is 0 Å². The average molecular weight is 295 g/mol. The molecule has 0 spiro atoms. The summed E-state index contributed by atoms with van der Waals surface area (Å²) in [6.45, 7) is 1.87. The highest BCUT2D eigenvalue weighted by molar-refractivity contribution is 5.99. The maximum atomic E-state index is 12.4. The van der Waals surface area contributed by atoms with Gasteiger partial charge in [0.25, 0.3) is 5.91 Å². The van der Waals surface area contributed by atoms with Crippen LogP contribution in [0, 0.1) is 6.92 Å². The number of aromatic nitrogens is 2. The normalized spacial score (nSPS) is 10.7. The SMILES string of the molecule is Cc1ccc(-c2nn(-c3ccccc3)cc2C(=O)N(C)C)o1. The van der Waals surface area contributed by atoms with Gasteiger partial charge >= 0.3 is 0 Å². The van der Waals surface area contributed by atoms with Crippen LogP contribution in [-0.4, -0.2) is 34.7 Å². The molecule has 112 valence electrons. The maximum Gasteiger partial charge on any atom is 0.257 e. The molecule has 5 nitrogen and oxygen atoms in total. The minimum atomic E-state index is -0.105. The highest BCUT2D eigenvalue weighted by Gasteiger charge is 2.21. The van der Waals surface area contributed by atoms with Gasteiger partial charge in [-0.3, -0.25) is 4.79 Å². The number of amides is 1. The van der Waals surface area contributed by atoms with Crippen LogP contribution in [0.15, 0.2) is 53.1 Å².